The first-order chi connectivity index (χ1) is 22.5. The summed E-state index contributed by atoms with van der Waals surface area (Å²) in [4.78, 5) is 9.17. The zero-order valence-electron chi connectivity index (χ0n) is 28.6. The van der Waals surface area contributed by atoms with E-state index in [0.717, 1.165) is 39.1 Å². The fraction of sp³-hybridized carbons (Fsp3) is 0.209. The van der Waals surface area contributed by atoms with Crippen LogP contribution in [0.1, 0.15) is 50.3 Å². The molecule has 8 rings (SSSR count). The maximum Gasteiger partial charge on any atom is 0.121 e. The van der Waals surface area contributed by atoms with E-state index in [1.54, 1.807) is 0 Å². The van der Waals surface area contributed by atoms with E-state index in [4.69, 9.17) is 4.42 Å². The predicted octanol–water partition coefficient (Wildman–Crippen LogP) is 11.0. The van der Waals surface area contributed by atoms with Crippen molar-refractivity contribution >= 4 is 35.2 Å². The van der Waals surface area contributed by atoms with Crippen LogP contribution in [-0.4, -0.2) is 18.0 Å². The fourth-order valence-corrected chi connectivity index (χ4v) is 7.82. The smallest absolute Gasteiger partial charge is 0.121 e. The zero-order chi connectivity index (χ0) is 32.9. The van der Waals surface area contributed by atoms with E-state index in [2.05, 4.69) is 136 Å². The van der Waals surface area contributed by atoms with E-state index in [1.807, 2.05) is 42.7 Å². The normalized spacial score (nSPS) is 13.1. The van der Waals surface area contributed by atoms with E-state index in [0.29, 0.717) is 5.92 Å². The number of fused-ring (bicyclic) bond motifs is 7. The van der Waals surface area contributed by atoms with Crippen LogP contribution in [0, 0.1) is 12.1 Å². The molecule has 0 aliphatic heterocycles. The molecule has 0 amide bonds. The summed E-state index contributed by atoms with van der Waals surface area (Å²) in [6, 6.07) is 40.3. The molecule has 4 aromatic carbocycles. The van der Waals surface area contributed by atoms with Crippen LogP contribution in [0.2, 0.25) is 19.6 Å². The van der Waals surface area contributed by atoms with Crippen molar-refractivity contribution in [2.75, 3.05) is 0 Å². The second-order valence-corrected chi connectivity index (χ2v) is 19.4. The van der Waals surface area contributed by atoms with Crippen molar-refractivity contribution in [3.8, 4) is 33.6 Å². The van der Waals surface area contributed by atoms with Gasteiger partial charge in [0.05, 0.1) is 13.7 Å². The maximum atomic E-state index is 6.48. The van der Waals surface area contributed by atoms with Gasteiger partial charge in [0.25, 0.3) is 0 Å². The van der Waals surface area contributed by atoms with Gasteiger partial charge in [-0.05, 0) is 56.9 Å². The number of hydrogen-bond acceptors (Lipinski definition) is 3. The Labute approximate surface area is 298 Å². The number of aromatic nitrogens is 2. The zero-order valence-corrected chi connectivity index (χ0v) is 32.0. The van der Waals surface area contributed by atoms with E-state index in [9.17, 15) is 0 Å². The van der Waals surface area contributed by atoms with Crippen LogP contribution in [0.15, 0.2) is 114 Å². The Bertz CT molecular complexity index is 2230. The first-order valence-electron chi connectivity index (χ1n) is 16.4. The molecular formula is C43H40IrN2OSi-2. The minimum Gasteiger partial charge on any atom is -0.501 e. The molecule has 0 bridgehead atoms. The summed E-state index contributed by atoms with van der Waals surface area (Å²) in [5.41, 5.74) is 12.2. The molecule has 1 aliphatic carbocycles. The Balaban J connectivity index is 0.000000201. The quantitative estimate of drug-likeness (QED) is 0.131. The van der Waals surface area contributed by atoms with Crippen molar-refractivity contribution in [1.82, 2.24) is 9.97 Å². The number of pyridine rings is 2. The first kappa shape index (κ1) is 33.7. The average Bonchev–Trinajstić information content (AvgIpc) is 3.57. The summed E-state index contributed by atoms with van der Waals surface area (Å²) < 4.78 is 6.48. The summed E-state index contributed by atoms with van der Waals surface area (Å²) in [6.45, 7) is 16.0. The summed E-state index contributed by atoms with van der Waals surface area (Å²) in [6.07, 6.45) is 3.90. The second kappa shape index (κ2) is 13.0. The van der Waals surface area contributed by atoms with Crippen LogP contribution < -0.4 is 5.19 Å². The van der Waals surface area contributed by atoms with E-state index in [1.165, 1.54) is 38.4 Å². The molecule has 7 aromatic rings. The summed E-state index contributed by atoms with van der Waals surface area (Å²) in [7, 11) is -1.23. The molecule has 3 heterocycles. The van der Waals surface area contributed by atoms with Gasteiger partial charge in [-0.25, -0.2) is 0 Å². The number of nitrogens with zero attached hydrogens (tertiary/aromatic N) is 2. The molecule has 0 N–H and O–H groups in total. The third kappa shape index (κ3) is 6.00. The van der Waals surface area contributed by atoms with Crippen LogP contribution >= 0.6 is 0 Å². The minimum atomic E-state index is -1.23. The Morgan fingerprint density at radius 1 is 0.771 bits per heavy atom. The Morgan fingerprint density at radius 2 is 1.56 bits per heavy atom. The molecule has 3 nitrogen and oxygen atoms in total. The van der Waals surface area contributed by atoms with Crippen LogP contribution in [-0.2, 0) is 25.5 Å². The van der Waals surface area contributed by atoms with Crippen LogP contribution in [0.5, 0.6) is 0 Å². The molecule has 0 saturated heterocycles. The van der Waals surface area contributed by atoms with Gasteiger partial charge in [0.1, 0.15) is 5.58 Å². The third-order valence-electron chi connectivity index (χ3n) is 9.43. The molecule has 3 aromatic heterocycles. The van der Waals surface area contributed by atoms with Gasteiger partial charge in [0, 0.05) is 43.3 Å². The number of hydrogen-bond donors (Lipinski definition) is 0. The average molecular weight is 821 g/mol. The van der Waals surface area contributed by atoms with Crippen molar-refractivity contribution in [2.24, 2.45) is 0 Å². The van der Waals surface area contributed by atoms with Gasteiger partial charge >= 0.3 is 0 Å². The van der Waals surface area contributed by atoms with Gasteiger partial charge in [0.2, 0.25) is 0 Å². The van der Waals surface area contributed by atoms with Gasteiger partial charge < -0.3 is 14.4 Å². The Morgan fingerprint density at radius 3 is 2.27 bits per heavy atom. The molecule has 0 saturated carbocycles. The van der Waals surface area contributed by atoms with Gasteiger partial charge in [0.15, 0.2) is 0 Å². The molecule has 1 aliphatic rings. The van der Waals surface area contributed by atoms with Crippen molar-refractivity contribution in [2.45, 2.75) is 58.7 Å². The molecule has 0 atom stereocenters. The second-order valence-electron chi connectivity index (χ2n) is 14.3. The summed E-state index contributed by atoms with van der Waals surface area (Å²) in [5.74, 6) is 0.444. The van der Waals surface area contributed by atoms with Gasteiger partial charge in [-0.2, -0.15) is 0 Å². The molecule has 48 heavy (non-hydrogen) atoms. The monoisotopic (exact) mass is 821 g/mol. The molecule has 1 radical (unpaired) electrons. The molecule has 243 valence electrons. The summed E-state index contributed by atoms with van der Waals surface area (Å²) >= 11 is 0. The van der Waals surface area contributed by atoms with Crippen molar-refractivity contribution in [3.05, 3.63) is 138 Å². The van der Waals surface area contributed by atoms with Crippen LogP contribution in [0.4, 0.5) is 0 Å². The Hall–Kier alpha value is -4.15. The molecule has 0 unspecified atom stereocenters. The molecule has 5 heteroatoms. The topological polar surface area (TPSA) is 38.9 Å². The molecular weight excluding hydrogens is 781 g/mol. The van der Waals surface area contributed by atoms with Crippen LogP contribution in [0.3, 0.4) is 0 Å². The minimum absolute atomic E-state index is 0. The largest absolute Gasteiger partial charge is 0.501 e. The third-order valence-corrected chi connectivity index (χ3v) is 11.5. The van der Waals surface area contributed by atoms with Gasteiger partial charge in [-0.15, -0.1) is 54.1 Å². The van der Waals surface area contributed by atoms with E-state index >= 15 is 0 Å². The summed E-state index contributed by atoms with van der Waals surface area (Å²) in [5, 5.41) is 3.74. The molecule has 0 spiro atoms. The van der Waals surface area contributed by atoms with Crippen molar-refractivity contribution < 1.29 is 24.5 Å². The standard InChI is InChI=1S/C29H24NO.C14H16NSi.Ir/c1-17(2)18-14-15-30-24(16-18)21-9-7-10-22-26-25(31-28(21)22)13-12-20-19-8-5-6-11-23(19)29(3,4)27(20)26;1-16(2,3)13-9-10-14(15-11-13)12-7-5-4-6-8-12;/h5-8,10-17H,1-4H3;4-7,9-11H,1-3H3;/q2*-1;. The van der Waals surface area contributed by atoms with Gasteiger partial charge in [-0.1, -0.05) is 112 Å². The van der Waals surface area contributed by atoms with Crippen LogP contribution in [0.25, 0.3) is 55.6 Å². The first-order valence-corrected chi connectivity index (χ1v) is 19.9. The predicted molar refractivity (Wildman–Crippen MR) is 199 cm³/mol. The van der Waals surface area contributed by atoms with Gasteiger partial charge in [-0.3, -0.25) is 0 Å². The van der Waals surface area contributed by atoms with E-state index in [-0.39, 0.29) is 25.5 Å². The van der Waals surface area contributed by atoms with E-state index < -0.39 is 8.07 Å². The Kier molecular flexibility index (Phi) is 9.17. The fourth-order valence-electron chi connectivity index (χ4n) is 6.79. The molecule has 0 fully saturated rings. The number of furan rings is 1. The maximum absolute atomic E-state index is 6.48. The number of rotatable bonds is 4. The SMILES string of the molecule is CC(C)c1ccnc(-c2[c-]ccc3c2oc2ccc4c(c23)C(C)(C)c2ccccc2-4)c1.C[Si](C)(C)c1ccc(-c2[c-]cccc2)nc1.[Ir]. The number of benzene rings is 4. The van der Waals surface area contributed by atoms with Crippen molar-refractivity contribution in [1.29, 1.82) is 0 Å². The van der Waals surface area contributed by atoms with Crippen molar-refractivity contribution in [3.63, 3.8) is 0 Å².